The van der Waals surface area contributed by atoms with Gasteiger partial charge in [-0.25, -0.2) is 0 Å². The Labute approximate surface area is 59.3 Å². The van der Waals surface area contributed by atoms with Crippen LogP contribution in [0.4, 0.5) is 0 Å². The molecule has 0 saturated carbocycles. The lowest BCUT2D eigenvalue weighted by atomic mass is 10.3. The van der Waals surface area contributed by atoms with Crippen molar-refractivity contribution in [1.82, 2.24) is 4.98 Å². The summed E-state index contributed by atoms with van der Waals surface area (Å²) in [5, 5.41) is 9.07. The zero-order valence-electron chi connectivity index (χ0n) is 5.69. The number of rotatable bonds is 2. The maximum atomic E-state index is 9.07. The molecule has 1 aromatic rings. The SMILES string of the molecule is COC(O)c1cccnc1. The van der Waals surface area contributed by atoms with Crippen molar-refractivity contribution in [1.29, 1.82) is 0 Å². The number of pyridine rings is 1. The molecule has 0 spiro atoms. The second-order valence-electron chi connectivity index (χ2n) is 1.87. The molecule has 0 saturated heterocycles. The lowest BCUT2D eigenvalue weighted by Gasteiger charge is -2.05. The molecule has 0 aromatic carbocycles. The summed E-state index contributed by atoms with van der Waals surface area (Å²) in [4.78, 5) is 3.81. The van der Waals surface area contributed by atoms with Crippen LogP contribution in [0.5, 0.6) is 0 Å². The van der Waals surface area contributed by atoms with Gasteiger partial charge in [0.25, 0.3) is 0 Å². The molecule has 1 heterocycles. The number of methoxy groups -OCH3 is 1. The standard InChI is InChI=1S/C7H9NO2/c1-10-7(9)6-3-2-4-8-5-6/h2-5,7,9H,1H3. The fourth-order valence-corrected chi connectivity index (χ4v) is 0.658. The van der Waals surface area contributed by atoms with Gasteiger partial charge in [0, 0.05) is 25.1 Å². The highest BCUT2D eigenvalue weighted by molar-refractivity contribution is 5.09. The van der Waals surface area contributed by atoms with Crippen molar-refractivity contribution >= 4 is 0 Å². The van der Waals surface area contributed by atoms with Gasteiger partial charge in [0.05, 0.1) is 0 Å². The van der Waals surface area contributed by atoms with Crippen molar-refractivity contribution in [3.63, 3.8) is 0 Å². The van der Waals surface area contributed by atoms with Crippen LogP contribution < -0.4 is 0 Å². The first-order chi connectivity index (χ1) is 4.84. The molecule has 0 amide bonds. The van der Waals surface area contributed by atoms with Crippen LogP contribution in [0.2, 0.25) is 0 Å². The Morgan fingerprint density at radius 3 is 3.00 bits per heavy atom. The number of hydrogen-bond acceptors (Lipinski definition) is 3. The average Bonchev–Trinajstić information content (AvgIpc) is 2.05. The van der Waals surface area contributed by atoms with Gasteiger partial charge in [0.2, 0.25) is 0 Å². The van der Waals surface area contributed by atoms with E-state index >= 15 is 0 Å². The van der Waals surface area contributed by atoms with E-state index in [1.807, 2.05) is 0 Å². The molecule has 0 aliphatic heterocycles. The lowest BCUT2D eigenvalue weighted by Crippen LogP contribution is -1.98. The predicted molar refractivity (Wildman–Crippen MR) is 36.2 cm³/mol. The second kappa shape index (κ2) is 3.29. The van der Waals surface area contributed by atoms with Crippen molar-refractivity contribution in [2.75, 3.05) is 7.11 Å². The maximum Gasteiger partial charge on any atom is 0.182 e. The summed E-state index contributed by atoms with van der Waals surface area (Å²) in [6, 6.07) is 3.50. The van der Waals surface area contributed by atoms with E-state index in [0.29, 0.717) is 5.56 Å². The van der Waals surface area contributed by atoms with Crippen LogP contribution in [-0.4, -0.2) is 17.2 Å². The minimum absolute atomic E-state index is 0.671. The minimum atomic E-state index is -0.853. The Morgan fingerprint density at radius 1 is 1.70 bits per heavy atom. The quantitative estimate of drug-likeness (QED) is 0.614. The fourth-order valence-electron chi connectivity index (χ4n) is 0.658. The summed E-state index contributed by atoms with van der Waals surface area (Å²) in [6.07, 6.45) is 2.36. The summed E-state index contributed by atoms with van der Waals surface area (Å²) in [7, 11) is 1.44. The highest BCUT2D eigenvalue weighted by atomic mass is 16.6. The van der Waals surface area contributed by atoms with Crippen molar-refractivity contribution in [3.05, 3.63) is 30.1 Å². The van der Waals surface area contributed by atoms with E-state index in [4.69, 9.17) is 5.11 Å². The fraction of sp³-hybridized carbons (Fsp3) is 0.286. The topological polar surface area (TPSA) is 42.4 Å². The van der Waals surface area contributed by atoms with Gasteiger partial charge < -0.3 is 9.84 Å². The van der Waals surface area contributed by atoms with Crippen molar-refractivity contribution < 1.29 is 9.84 Å². The first-order valence-corrected chi connectivity index (χ1v) is 2.95. The summed E-state index contributed by atoms with van der Waals surface area (Å²) in [5.74, 6) is 0. The van der Waals surface area contributed by atoms with Gasteiger partial charge in [-0.1, -0.05) is 6.07 Å². The van der Waals surface area contributed by atoms with E-state index in [1.54, 1.807) is 24.5 Å². The summed E-state index contributed by atoms with van der Waals surface area (Å²) in [5.41, 5.74) is 0.671. The Bertz CT molecular complexity index is 188. The minimum Gasteiger partial charge on any atom is -0.364 e. The number of aliphatic hydroxyl groups is 1. The molecule has 1 N–H and O–H groups in total. The molecular formula is C7H9NO2. The molecular weight excluding hydrogens is 130 g/mol. The van der Waals surface area contributed by atoms with E-state index in [-0.39, 0.29) is 0 Å². The van der Waals surface area contributed by atoms with Crippen LogP contribution in [0.3, 0.4) is 0 Å². The van der Waals surface area contributed by atoms with Crippen molar-refractivity contribution in [2.24, 2.45) is 0 Å². The van der Waals surface area contributed by atoms with Gasteiger partial charge >= 0.3 is 0 Å². The Kier molecular flexibility index (Phi) is 2.36. The number of hydrogen-bond donors (Lipinski definition) is 1. The molecule has 1 rings (SSSR count). The van der Waals surface area contributed by atoms with Gasteiger partial charge in [-0.3, -0.25) is 4.98 Å². The Hall–Kier alpha value is -0.930. The molecule has 0 aliphatic rings. The molecule has 1 aromatic heterocycles. The predicted octanol–water partition coefficient (Wildman–Crippen LogP) is 0.719. The molecule has 0 bridgehead atoms. The third kappa shape index (κ3) is 1.52. The first kappa shape index (κ1) is 7.18. The molecule has 1 unspecified atom stereocenters. The second-order valence-corrected chi connectivity index (χ2v) is 1.87. The highest BCUT2D eigenvalue weighted by Crippen LogP contribution is 2.09. The largest absolute Gasteiger partial charge is 0.364 e. The van der Waals surface area contributed by atoms with Crippen molar-refractivity contribution in [2.45, 2.75) is 6.29 Å². The third-order valence-electron chi connectivity index (χ3n) is 1.19. The zero-order valence-corrected chi connectivity index (χ0v) is 5.69. The van der Waals surface area contributed by atoms with Gasteiger partial charge in [-0.05, 0) is 6.07 Å². The van der Waals surface area contributed by atoms with Crippen LogP contribution in [0.25, 0.3) is 0 Å². The molecule has 0 aliphatic carbocycles. The Morgan fingerprint density at radius 2 is 2.50 bits per heavy atom. The van der Waals surface area contributed by atoms with Gasteiger partial charge in [0.1, 0.15) is 0 Å². The van der Waals surface area contributed by atoms with E-state index in [9.17, 15) is 0 Å². The zero-order chi connectivity index (χ0) is 7.40. The molecule has 1 atom stereocenters. The molecule has 54 valence electrons. The molecule has 0 radical (unpaired) electrons. The van der Waals surface area contributed by atoms with E-state index in [1.165, 1.54) is 7.11 Å². The maximum absolute atomic E-state index is 9.07. The highest BCUT2D eigenvalue weighted by Gasteiger charge is 2.02. The molecule has 0 fully saturated rings. The molecule has 10 heavy (non-hydrogen) atoms. The van der Waals surface area contributed by atoms with Gasteiger partial charge in [0.15, 0.2) is 6.29 Å². The number of aliphatic hydroxyl groups excluding tert-OH is 1. The Balaban J connectivity index is 2.75. The van der Waals surface area contributed by atoms with Crippen LogP contribution in [0.1, 0.15) is 11.9 Å². The number of nitrogens with zero attached hydrogens (tertiary/aromatic N) is 1. The molecule has 3 heteroatoms. The van der Waals surface area contributed by atoms with E-state index in [0.717, 1.165) is 0 Å². The average molecular weight is 139 g/mol. The summed E-state index contributed by atoms with van der Waals surface area (Å²) in [6.45, 7) is 0. The summed E-state index contributed by atoms with van der Waals surface area (Å²) >= 11 is 0. The number of ether oxygens (including phenoxy) is 1. The monoisotopic (exact) mass is 139 g/mol. The normalized spacial score (nSPS) is 13.0. The molecule has 3 nitrogen and oxygen atoms in total. The van der Waals surface area contributed by atoms with Crippen LogP contribution >= 0.6 is 0 Å². The third-order valence-corrected chi connectivity index (χ3v) is 1.19. The van der Waals surface area contributed by atoms with Crippen LogP contribution in [0, 0.1) is 0 Å². The van der Waals surface area contributed by atoms with Gasteiger partial charge in [-0.2, -0.15) is 0 Å². The number of aromatic nitrogens is 1. The first-order valence-electron chi connectivity index (χ1n) is 2.95. The smallest absolute Gasteiger partial charge is 0.182 e. The van der Waals surface area contributed by atoms with Crippen molar-refractivity contribution in [3.8, 4) is 0 Å². The summed E-state index contributed by atoms with van der Waals surface area (Å²) < 4.78 is 4.65. The van der Waals surface area contributed by atoms with Crippen LogP contribution in [0.15, 0.2) is 24.5 Å². The van der Waals surface area contributed by atoms with Crippen LogP contribution in [-0.2, 0) is 4.74 Å². The van der Waals surface area contributed by atoms with Gasteiger partial charge in [-0.15, -0.1) is 0 Å². The van der Waals surface area contributed by atoms with E-state index in [2.05, 4.69) is 9.72 Å². The lowest BCUT2D eigenvalue weighted by molar-refractivity contribution is -0.0771. The van der Waals surface area contributed by atoms with E-state index < -0.39 is 6.29 Å².